The smallest absolute Gasteiger partial charge is 0.409 e. The lowest BCUT2D eigenvalue weighted by Gasteiger charge is -2.38. The van der Waals surface area contributed by atoms with Gasteiger partial charge in [0.15, 0.2) is 0 Å². The van der Waals surface area contributed by atoms with E-state index in [1.165, 1.54) is 15.9 Å². The normalized spacial score (nSPS) is 16.0. The number of benzene rings is 1. The van der Waals surface area contributed by atoms with Crippen molar-refractivity contribution < 1.29 is 19.4 Å². The van der Waals surface area contributed by atoms with Gasteiger partial charge >= 0.3 is 6.09 Å². The van der Waals surface area contributed by atoms with Gasteiger partial charge in [-0.05, 0) is 31.5 Å². The molecule has 4 rings (SSSR count). The lowest BCUT2D eigenvalue weighted by molar-refractivity contribution is 0.0715. The zero-order valence-corrected chi connectivity index (χ0v) is 18.1. The lowest BCUT2D eigenvalue weighted by Crippen LogP contribution is -2.49. The Balaban J connectivity index is 1.68. The quantitative estimate of drug-likeness (QED) is 0.664. The Hall–Kier alpha value is -2.85. The SMILES string of the molecule is CCOC(=O)N1CCN([C@H](c2cccc(OC)c2)c2sc3nc(C)nn3c2O)CC1. The summed E-state index contributed by atoms with van der Waals surface area (Å²) in [6.07, 6.45) is -0.285. The van der Waals surface area contributed by atoms with Gasteiger partial charge in [-0.25, -0.2) is 9.78 Å². The average Bonchev–Trinajstić information content (AvgIpc) is 3.26. The van der Waals surface area contributed by atoms with Crippen molar-refractivity contribution in [3.8, 4) is 11.6 Å². The van der Waals surface area contributed by atoms with Crippen LogP contribution in [0.1, 0.15) is 29.2 Å². The second-order valence-corrected chi connectivity index (χ2v) is 8.05. The molecule has 0 bridgehead atoms. The Morgan fingerprint density at radius 2 is 2.07 bits per heavy atom. The molecule has 0 saturated carbocycles. The van der Waals surface area contributed by atoms with Crippen LogP contribution in [0.5, 0.6) is 11.6 Å². The molecule has 1 fully saturated rings. The van der Waals surface area contributed by atoms with E-state index in [0.717, 1.165) is 16.2 Å². The number of amides is 1. The summed E-state index contributed by atoms with van der Waals surface area (Å²) in [6, 6.07) is 7.62. The zero-order chi connectivity index (χ0) is 21.3. The van der Waals surface area contributed by atoms with Gasteiger partial charge in [-0.2, -0.15) is 4.52 Å². The summed E-state index contributed by atoms with van der Waals surface area (Å²) in [4.78, 5) is 21.9. The highest BCUT2D eigenvalue weighted by atomic mass is 32.1. The number of thiazole rings is 1. The molecule has 1 aromatic carbocycles. The predicted molar refractivity (Wildman–Crippen MR) is 112 cm³/mol. The Bertz CT molecular complexity index is 1040. The third-order valence-corrected chi connectivity index (χ3v) is 6.24. The maximum atomic E-state index is 12.1. The number of aromatic nitrogens is 3. The van der Waals surface area contributed by atoms with Crippen molar-refractivity contribution in [3.05, 3.63) is 40.5 Å². The van der Waals surface area contributed by atoms with Crippen LogP contribution in [0.15, 0.2) is 24.3 Å². The number of hydrogen-bond donors (Lipinski definition) is 1. The molecule has 9 nitrogen and oxygen atoms in total. The van der Waals surface area contributed by atoms with Gasteiger partial charge in [0.2, 0.25) is 10.8 Å². The third kappa shape index (κ3) is 3.80. The van der Waals surface area contributed by atoms with Gasteiger partial charge in [-0.1, -0.05) is 23.5 Å². The molecular formula is C20H25N5O4S. The second kappa shape index (κ2) is 8.49. The maximum Gasteiger partial charge on any atom is 0.409 e. The molecule has 1 amide bonds. The zero-order valence-electron chi connectivity index (χ0n) is 17.2. The molecule has 3 heterocycles. The molecule has 1 aliphatic rings. The fourth-order valence-corrected chi connectivity index (χ4v) is 4.91. The first kappa shape index (κ1) is 20.4. The number of aromatic hydroxyl groups is 1. The van der Waals surface area contributed by atoms with Gasteiger partial charge < -0.3 is 19.5 Å². The van der Waals surface area contributed by atoms with E-state index in [1.54, 1.807) is 25.9 Å². The first-order valence-electron chi connectivity index (χ1n) is 9.86. The molecule has 30 heavy (non-hydrogen) atoms. The van der Waals surface area contributed by atoms with Crippen molar-refractivity contribution in [1.29, 1.82) is 0 Å². The molecule has 2 aromatic heterocycles. The van der Waals surface area contributed by atoms with Crippen LogP contribution >= 0.6 is 11.3 Å². The Labute approximate surface area is 178 Å². The summed E-state index contributed by atoms with van der Waals surface area (Å²) < 4.78 is 12.0. The molecule has 1 saturated heterocycles. The third-order valence-electron chi connectivity index (χ3n) is 5.17. The van der Waals surface area contributed by atoms with Crippen molar-refractivity contribution in [2.24, 2.45) is 0 Å². The van der Waals surface area contributed by atoms with E-state index in [2.05, 4.69) is 15.0 Å². The van der Waals surface area contributed by atoms with E-state index in [4.69, 9.17) is 9.47 Å². The van der Waals surface area contributed by atoms with Crippen LogP contribution in [0, 0.1) is 6.92 Å². The summed E-state index contributed by atoms with van der Waals surface area (Å²) in [5.41, 5.74) is 0.996. The Morgan fingerprint density at radius 3 is 2.73 bits per heavy atom. The number of piperazine rings is 1. The van der Waals surface area contributed by atoms with Crippen LogP contribution in [0.4, 0.5) is 4.79 Å². The first-order chi connectivity index (χ1) is 14.5. The van der Waals surface area contributed by atoms with Crippen molar-refractivity contribution in [1.82, 2.24) is 24.4 Å². The number of carbonyl (C=O) groups excluding carboxylic acids is 1. The monoisotopic (exact) mass is 431 g/mol. The molecule has 0 spiro atoms. The molecule has 0 aliphatic carbocycles. The highest BCUT2D eigenvalue weighted by molar-refractivity contribution is 7.17. The van der Waals surface area contributed by atoms with E-state index in [-0.39, 0.29) is 18.0 Å². The van der Waals surface area contributed by atoms with Crippen molar-refractivity contribution in [2.45, 2.75) is 19.9 Å². The number of nitrogens with zero attached hydrogens (tertiary/aromatic N) is 5. The van der Waals surface area contributed by atoms with Crippen LogP contribution in [-0.2, 0) is 4.74 Å². The highest BCUT2D eigenvalue weighted by Crippen LogP contribution is 2.40. The lowest BCUT2D eigenvalue weighted by atomic mass is 10.0. The summed E-state index contributed by atoms with van der Waals surface area (Å²) in [7, 11) is 1.63. The number of carbonyl (C=O) groups is 1. The molecule has 1 atom stereocenters. The molecule has 1 N–H and O–H groups in total. The largest absolute Gasteiger partial charge is 0.497 e. The van der Waals surface area contributed by atoms with Gasteiger partial charge in [0.1, 0.15) is 11.6 Å². The molecule has 10 heteroatoms. The van der Waals surface area contributed by atoms with E-state index < -0.39 is 0 Å². The maximum absolute atomic E-state index is 12.1. The van der Waals surface area contributed by atoms with Gasteiger partial charge in [0.05, 0.1) is 24.6 Å². The fourth-order valence-electron chi connectivity index (χ4n) is 3.74. The molecule has 160 valence electrons. The number of ether oxygens (including phenoxy) is 2. The van der Waals surface area contributed by atoms with Crippen LogP contribution in [0.3, 0.4) is 0 Å². The summed E-state index contributed by atoms with van der Waals surface area (Å²) in [6.45, 7) is 6.37. The number of fused-ring (bicyclic) bond motifs is 1. The van der Waals surface area contributed by atoms with Crippen LogP contribution in [0.25, 0.3) is 4.96 Å². The van der Waals surface area contributed by atoms with E-state index in [9.17, 15) is 9.90 Å². The minimum absolute atomic E-state index is 0.0937. The summed E-state index contributed by atoms with van der Waals surface area (Å²) in [5.74, 6) is 1.46. The number of aryl methyl sites for hydroxylation is 1. The van der Waals surface area contributed by atoms with Crippen LogP contribution in [0.2, 0.25) is 0 Å². The molecule has 3 aromatic rings. The number of methoxy groups -OCH3 is 1. The van der Waals surface area contributed by atoms with E-state index >= 15 is 0 Å². The van der Waals surface area contributed by atoms with Gasteiger partial charge in [0.25, 0.3) is 0 Å². The average molecular weight is 432 g/mol. The van der Waals surface area contributed by atoms with Crippen LogP contribution in [-0.4, -0.2) is 75.5 Å². The van der Waals surface area contributed by atoms with Crippen molar-refractivity contribution >= 4 is 22.4 Å². The van der Waals surface area contributed by atoms with E-state index in [1.807, 2.05) is 24.3 Å². The molecule has 0 unspecified atom stereocenters. The summed E-state index contributed by atoms with van der Waals surface area (Å²) >= 11 is 1.42. The Morgan fingerprint density at radius 1 is 1.30 bits per heavy atom. The topological polar surface area (TPSA) is 92.4 Å². The fraction of sp³-hybridized carbons (Fsp3) is 0.450. The Kier molecular flexibility index (Phi) is 5.78. The van der Waals surface area contributed by atoms with Crippen LogP contribution < -0.4 is 4.74 Å². The number of hydrogen-bond acceptors (Lipinski definition) is 8. The standard InChI is InChI=1S/C20H25N5O4S/c1-4-29-20(27)24-10-8-23(9-11-24)16(14-6-5-7-15(12-14)28-3)17-18(26)25-19(30-17)21-13(2)22-25/h5-7,12,16,26H,4,8-11H2,1-3H3/t16-/m1/s1. The first-order valence-corrected chi connectivity index (χ1v) is 10.7. The molecule has 0 radical (unpaired) electrons. The summed E-state index contributed by atoms with van der Waals surface area (Å²) in [5, 5.41) is 15.2. The van der Waals surface area contributed by atoms with Crippen molar-refractivity contribution in [3.63, 3.8) is 0 Å². The molecule has 1 aliphatic heterocycles. The van der Waals surface area contributed by atoms with Gasteiger partial charge in [0, 0.05) is 26.2 Å². The minimum Gasteiger partial charge on any atom is -0.497 e. The van der Waals surface area contributed by atoms with E-state index in [0.29, 0.717) is 43.6 Å². The minimum atomic E-state index is -0.285. The highest BCUT2D eigenvalue weighted by Gasteiger charge is 2.33. The van der Waals surface area contributed by atoms with Gasteiger partial charge in [-0.3, -0.25) is 4.90 Å². The second-order valence-electron chi connectivity index (χ2n) is 7.04. The molecular weight excluding hydrogens is 406 g/mol. The number of rotatable bonds is 5. The van der Waals surface area contributed by atoms with Gasteiger partial charge in [-0.15, -0.1) is 5.10 Å². The predicted octanol–water partition coefficient (Wildman–Crippen LogP) is 2.68. The van der Waals surface area contributed by atoms with Crippen molar-refractivity contribution in [2.75, 3.05) is 39.9 Å².